The van der Waals surface area contributed by atoms with Crippen molar-refractivity contribution < 1.29 is 0 Å². The molecule has 0 unspecified atom stereocenters. The van der Waals surface area contributed by atoms with Gasteiger partial charge in [-0.05, 0) is 37.0 Å². The second-order valence-corrected chi connectivity index (χ2v) is 5.12. The zero-order valence-electron chi connectivity index (χ0n) is 7.89. The van der Waals surface area contributed by atoms with Crippen LogP contribution in [-0.2, 0) is 0 Å². The number of hydrogen-bond donors (Lipinski definition) is 1. The van der Waals surface area contributed by atoms with Gasteiger partial charge in [-0.3, -0.25) is 0 Å². The molecule has 0 heterocycles. The van der Waals surface area contributed by atoms with Crippen molar-refractivity contribution in [3.63, 3.8) is 0 Å². The van der Waals surface area contributed by atoms with Crippen molar-refractivity contribution in [1.82, 2.24) is 0 Å². The Kier molecular flexibility index (Phi) is 3.34. The van der Waals surface area contributed by atoms with E-state index in [-0.39, 0.29) is 0 Å². The molecule has 1 aromatic carbocycles. The molecule has 0 radical (unpaired) electrons. The fourth-order valence-electron chi connectivity index (χ4n) is 1.58. The van der Waals surface area contributed by atoms with Crippen molar-refractivity contribution in [2.45, 2.75) is 19.3 Å². The molecule has 0 spiro atoms. The minimum atomic E-state index is 0.799. The first-order chi connectivity index (χ1) is 6.75. The van der Waals surface area contributed by atoms with Gasteiger partial charge in [0, 0.05) is 11.0 Å². The van der Waals surface area contributed by atoms with Crippen molar-refractivity contribution in [3.05, 3.63) is 27.7 Å². The minimum absolute atomic E-state index is 0.799. The summed E-state index contributed by atoms with van der Waals surface area (Å²) >= 11 is 9.49. The van der Waals surface area contributed by atoms with Gasteiger partial charge in [0.25, 0.3) is 0 Å². The zero-order valence-corrected chi connectivity index (χ0v) is 10.2. The highest BCUT2D eigenvalue weighted by Gasteiger charge is 2.16. The molecule has 1 nitrogen and oxygen atoms in total. The van der Waals surface area contributed by atoms with Gasteiger partial charge in [-0.2, -0.15) is 0 Å². The topological polar surface area (TPSA) is 12.0 Å². The lowest BCUT2D eigenvalue weighted by molar-refractivity contribution is 0.333. The molecule has 0 atom stereocenters. The molecule has 1 N–H and O–H groups in total. The number of anilines is 1. The Bertz CT molecular complexity index is 323. The van der Waals surface area contributed by atoms with E-state index < -0.39 is 0 Å². The molecule has 2 rings (SSSR count). The van der Waals surface area contributed by atoms with Gasteiger partial charge >= 0.3 is 0 Å². The minimum Gasteiger partial charge on any atom is -0.384 e. The molecule has 0 saturated heterocycles. The first kappa shape index (κ1) is 10.3. The Hall–Kier alpha value is -0.210. The van der Waals surface area contributed by atoms with Crippen LogP contribution in [-0.4, -0.2) is 6.54 Å². The Morgan fingerprint density at radius 3 is 2.86 bits per heavy atom. The highest BCUT2D eigenvalue weighted by molar-refractivity contribution is 9.10. The van der Waals surface area contributed by atoms with Crippen molar-refractivity contribution in [2.75, 3.05) is 11.9 Å². The van der Waals surface area contributed by atoms with Crippen LogP contribution in [0.25, 0.3) is 0 Å². The quantitative estimate of drug-likeness (QED) is 0.866. The van der Waals surface area contributed by atoms with E-state index >= 15 is 0 Å². The van der Waals surface area contributed by atoms with Crippen LogP contribution in [0.2, 0.25) is 5.02 Å². The molecule has 3 heteroatoms. The molecule has 0 aliphatic heterocycles. The summed E-state index contributed by atoms with van der Waals surface area (Å²) in [4.78, 5) is 0. The smallest absolute Gasteiger partial charge is 0.0638 e. The SMILES string of the molecule is Clc1ccc(Br)cc1NCC1CCC1. The largest absolute Gasteiger partial charge is 0.384 e. The summed E-state index contributed by atoms with van der Waals surface area (Å²) in [6, 6.07) is 5.90. The fraction of sp³-hybridized carbons (Fsp3) is 0.455. The fourth-order valence-corrected chi connectivity index (χ4v) is 2.13. The summed E-state index contributed by atoms with van der Waals surface area (Å²) in [6.45, 7) is 1.05. The summed E-state index contributed by atoms with van der Waals surface area (Å²) in [5.41, 5.74) is 1.04. The summed E-state index contributed by atoms with van der Waals surface area (Å²) < 4.78 is 1.07. The molecular formula is C11H13BrClN. The lowest BCUT2D eigenvalue weighted by Crippen LogP contribution is -2.20. The van der Waals surface area contributed by atoms with Crippen molar-refractivity contribution in [1.29, 1.82) is 0 Å². The molecule has 0 amide bonds. The lowest BCUT2D eigenvalue weighted by atomic mass is 9.85. The van der Waals surface area contributed by atoms with Gasteiger partial charge < -0.3 is 5.32 Å². The highest BCUT2D eigenvalue weighted by atomic mass is 79.9. The molecular weight excluding hydrogens is 261 g/mol. The van der Waals surface area contributed by atoms with Crippen molar-refractivity contribution in [2.24, 2.45) is 5.92 Å². The van der Waals surface area contributed by atoms with Crippen LogP contribution < -0.4 is 5.32 Å². The second kappa shape index (κ2) is 4.54. The van der Waals surface area contributed by atoms with Crippen LogP contribution >= 0.6 is 27.5 Å². The Labute approximate surface area is 98.0 Å². The van der Waals surface area contributed by atoms with E-state index in [4.69, 9.17) is 11.6 Å². The molecule has 1 aromatic rings. The van der Waals surface area contributed by atoms with Gasteiger partial charge in [-0.25, -0.2) is 0 Å². The average Bonchev–Trinajstić information content (AvgIpc) is 2.08. The lowest BCUT2D eigenvalue weighted by Gasteiger charge is -2.26. The third kappa shape index (κ3) is 2.43. The van der Waals surface area contributed by atoms with E-state index in [2.05, 4.69) is 21.2 Å². The first-order valence-corrected chi connectivity index (χ1v) is 6.12. The van der Waals surface area contributed by atoms with Crippen LogP contribution in [0.5, 0.6) is 0 Å². The molecule has 1 fully saturated rings. The summed E-state index contributed by atoms with van der Waals surface area (Å²) in [5, 5.41) is 4.19. The van der Waals surface area contributed by atoms with E-state index in [1.54, 1.807) is 0 Å². The van der Waals surface area contributed by atoms with Gasteiger partial charge in [0.05, 0.1) is 10.7 Å². The van der Waals surface area contributed by atoms with Crippen LogP contribution in [0.4, 0.5) is 5.69 Å². The maximum Gasteiger partial charge on any atom is 0.0638 e. The standard InChI is InChI=1S/C11H13BrClN/c12-9-4-5-10(13)11(6-9)14-7-8-2-1-3-8/h4-6,8,14H,1-3,7H2. The normalized spacial score (nSPS) is 16.4. The van der Waals surface area contributed by atoms with Crippen LogP contribution in [0.3, 0.4) is 0 Å². The van der Waals surface area contributed by atoms with Gasteiger partial charge in [0.1, 0.15) is 0 Å². The molecule has 0 aromatic heterocycles. The van der Waals surface area contributed by atoms with Gasteiger partial charge in [0.15, 0.2) is 0 Å². The predicted octanol–water partition coefficient (Wildman–Crippen LogP) is 4.31. The molecule has 14 heavy (non-hydrogen) atoms. The average molecular weight is 275 g/mol. The summed E-state index contributed by atoms with van der Waals surface area (Å²) in [5.74, 6) is 0.852. The van der Waals surface area contributed by atoms with Crippen molar-refractivity contribution >= 4 is 33.2 Å². The summed E-state index contributed by atoms with van der Waals surface area (Å²) in [7, 11) is 0. The van der Waals surface area contributed by atoms with E-state index in [0.29, 0.717) is 0 Å². The Morgan fingerprint density at radius 1 is 1.43 bits per heavy atom. The number of rotatable bonds is 3. The summed E-state index contributed by atoms with van der Waals surface area (Å²) in [6.07, 6.45) is 4.11. The number of benzene rings is 1. The number of nitrogens with one attached hydrogen (secondary N) is 1. The maximum absolute atomic E-state index is 6.06. The highest BCUT2D eigenvalue weighted by Crippen LogP contribution is 2.29. The third-order valence-electron chi connectivity index (χ3n) is 2.73. The Balaban J connectivity index is 1.96. The molecule has 1 aliphatic carbocycles. The number of hydrogen-bond acceptors (Lipinski definition) is 1. The van der Waals surface area contributed by atoms with Gasteiger partial charge in [-0.15, -0.1) is 0 Å². The molecule has 76 valence electrons. The zero-order chi connectivity index (χ0) is 9.97. The van der Waals surface area contributed by atoms with Crippen molar-refractivity contribution in [3.8, 4) is 0 Å². The second-order valence-electron chi connectivity index (χ2n) is 3.80. The van der Waals surface area contributed by atoms with E-state index in [1.807, 2.05) is 18.2 Å². The predicted molar refractivity (Wildman–Crippen MR) is 65.0 cm³/mol. The van der Waals surface area contributed by atoms with E-state index in [0.717, 1.165) is 27.6 Å². The number of halogens is 2. The van der Waals surface area contributed by atoms with E-state index in [1.165, 1.54) is 19.3 Å². The Morgan fingerprint density at radius 2 is 2.21 bits per heavy atom. The van der Waals surface area contributed by atoms with Gasteiger partial charge in [-0.1, -0.05) is 34.0 Å². The van der Waals surface area contributed by atoms with Crippen LogP contribution in [0.15, 0.2) is 22.7 Å². The van der Waals surface area contributed by atoms with Gasteiger partial charge in [0.2, 0.25) is 0 Å². The van der Waals surface area contributed by atoms with E-state index in [9.17, 15) is 0 Å². The molecule has 1 aliphatic rings. The van der Waals surface area contributed by atoms with Crippen LogP contribution in [0, 0.1) is 5.92 Å². The van der Waals surface area contributed by atoms with Crippen LogP contribution in [0.1, 0.15) is 19.3 Å². The maximum atomic E-state index is 6.06. The third-order valence-corrected chi connectivity index (χ3v) is 3.56. The monoisotopic (exact) mass is 273 g/mol. The molecule has 0 bridgehead atoms. The first-order valence-electron chi connectivity index (χ1n) is 4.94. The molecule has 1 saturated carbocycles.